The molecular weight excluding hydrogens is 277 g/mol. The molecule has 1 unspecified atom stereocenters. The maximum Gasteiger partial charge on any atom is 0.124 e. The van der Waals surface area contributed by atoms with Crippen molar-refractivity contribution in [1.29, 1.82) is 0 Å². The van der Waals surface area contributed by atoms with E-state index in [1.54, 1.807) is 6.07 Å². The van der Waals surface area contributed by atoms with Crippen LogP contribution in [0.1, 0.15) is 50.6 Å². The van der Waals surface area contributed by atoms with E-state index in [-0.39, 0.29) is 11.9 Å². The number of ether oxygens (including phenoxy) is 1. The van der Waals surface area contributed by atoms with Crippen LogP contribution in [0.5, 0.6) is 0 Å². The monoisotopic (exact) mass is 299 g/mol. The van der Waals surface area contributed by atoms with Crippen molar-refractivity contribution in [3.63, 3.8) is 0 Å². The first-order valence-electron chi connectivity index (χ1n) is 7.47. The zero-order valence-corrected chi connectivity index (χ0v) is 12.8. The zero-order valence-electron chi connectivity index (χ0n) is 12.0. The molecule has 1 N–H and O–H groups in total. The number of benzene rings is 1. The summed E-state index contributed by atoms with van der Waals surface area (Å²) in [7, 11) is 0. The van der Waals surface area contributed by atoms with Crippen LogP contribution in [0.2, 0.25) is 5.02 Å². The van der Waals surface area contributed by atoms with Crippen LogP contribution in [0.3, 0.4) is 0 Å². The van der Waals surface area contributed by atoms with Gasteiger partial charge in [0, 0.05) is 17.6 Å². The van der Waals surface area contributed by atoms with Gasteiger partial charge in [0.1, 0.15) is 5.82 Å². The summed E-state index contributed by atoms with van der Waals surface area (Å²) in [6.45, 7) is 3.53. The van der Waals surface area contributed by atoms with Crippen LogP contribution in [0, 0.1) is 5.82 Å². The van der Waals surface area contributed by atoms with Crippen LogP contribution >= 0.6 is 11.6 Å². The van der Waals surface area contributed by atoms with Crippen LogP contribution in [0.15, 0.2) is 18.2 Å². The highest BCUT2D eigenvalue weighted by molar-refractivity contribution is 6.31. The third kappa shape index (κ3) is 4.72. The van der Waals surface area contributed by atoms with Crippen molar-refractivity contribution in [2.24, 2.45) is 0 Å². The fourth-order valence-electron chi connectivity index (χ4n) is 2.70. The van der Waals surface area contributed by atoms with E-state index >= 15 is 0 Å². The van der Waals surface area contributed by atoms with Crippen molar-refractivity contribution in [3.8, 4) is 0 Å². The van der Waals surface area contributed by atoms with Gasteiger partial charge in [-0.3, -0.25) is 0 Å². The molecule has 2 rings (SSSR count). The first-order chi connectivity index (χ1) is 9.66. The van der Waals surface area contributed by atoms with Gasteiger partial charge in [-0.1, -0.05) is 36.9 Å². The minimum absolute atomic E-state index is 0.0954. The summed E-state index contributed by atoms with van der Waals surface area (Å²) in [5.41, 5.74) is 0.922. The highest BCUT2D eigenvalue weighted by atomic mass is 35.5. The molecule has 1 aliphatic carbocycles. The SMILES string of the molecule is CC(NCCOC1CCCCC1)c1ccc(F)cc1Cl. The summed E-state index contributed by atoms with van der Waals surface area (Å²) in [6, 6.07) is 4.63. The van der Waals surface area contributed by atoms with Gasteiger partial charge in [0.25, 0.3) is 0 Å². The van der Waals surface area contributed by atoms with E-state index in [9.17, 15) is 4.39 Å². The van der Waals surface area contributed by atoms with Crippen molar-refractivity contribution in [2.75, 3.05) is 13.2 Å². The van der Waals surface area contributed by atoms with Crippen LogP contribution in [-0.2, 0) is 4.74 Å². The Hall–Kier alpha value is -0.640. The summed E-state index contributed by atoms with van der Waals surface area (Å²) in [4.78, 5) is 0. The molecule has 0 spiro atoms. The summed E-state index contributed by atoms with van der Waals surface area (Å²) in [5, 5.41) is 3.84. The normalized spacial score (nSPS) is 18.1. The van der Waals surface area contributed by atoms with Gasteiger partial charge in [0.05, 0.1) is 12.7 Å². The molecule has 0 bridgehead atoms. The average Bonchev–Trinajstić information content (AvgIpc) is 2.44. The van der Waals surface area contributed by atoms with Crippen molar-refractivity contribution >= 4 is 11.6 Å². The second kappa shape index (κ2) is 7.96. The van der Waals surface area contributed by atoms with Gasteiger partial charge < -0.3 is 10.1 Å². The molecule has 0 saturated heterocycles. The maximum atomic E-state index is 13.0. The quantitative estimate of drug-likeness (QED) is 0.782. The Balaban J connectivity index is 1.70. The standard InChI is InChI=1S/C16H23ClFNO/c1-12(15-8-7-13(18)11-16(15)17)19-9-10-20-14-5-3-2-4-6-14/h7-8,11-12,14,19H,2-6,9-10H2,1H3. The summed E-state index contributed by atoms with van der Waals surface area (Å²) in [5.74, 6) is -0.299. The van der Waals surface area contributed by atoms with Crippen molar-refractivity contribution in [3.05, 3.63) is 34.6 Å². The van der Waals surface area contributed by atoms with E-state index < -0.39 is 0 Å². The van der Waals surface area contributed by atoms with Crippen molar-refractivity contribution in [2.45, 2.75) is 51.2 Å². The van der Waals surface area contributed by atoms with E-state index in [0.29, 0.717) is 17.7 Å². The van der Waals surface area contributed by atoms with E-state index in [4.69, 9.17) is 16.3 Å². The first kappa shape index (κ1) is 15.7. The smallest absolute Gasteiger partial charge is 0.124 e. The molecule has 0 amide bonds. The zero-order chi connectivity index (χ0) is 14.4. The van der Waals surface area contributed by atoms with Gasteiger partial charge >= 0.3 is 0 Å². The topological polar surface area (TPSA) is 21.3 Å². The lowest BCUT2D eigenvalue weighted by Crippen LogP contribution is -2.26. The Bertz CT molecular complexity index is 421. The molecule has 0 aliphatic heterocycles. The molecule has 4 heteroatoms. The van der Waals surface area contributed by atoms with Crippen LogP contribution in [0.4, 0.5) is 4.39 Å². The minimum atomic E-state index is -0.299. The van der Waals surface area contributed by atoms with Gasteiger partial charge in [-0.05, 0) is 37.5 Å². The van der Waals surface area contributed by atoms with Gasteiger partial charge in [-0.25, -0.2) is 4.39 Å². The van der Waals surface area contributed by atoms with Crippen molar-refractivity contribution in [1.82, 2.24) is 5.32 Å². The Labute approximate surface area is 125 Å². The molecule has 1 aromatic rings. The first-order valence-corrected chi connectivity index (χ1v) is 7.84. The molecule has 0 aromatic heterocycles. The number of nitrogens with one attached hydrogen (secondary N) is 1. The highest BCUT2D eigenvalue weighted by Crippen LogP contribution is 2.23. The predicted octanol–water partition coefficient (Wildman–Crippen LogP) is 4.48. The minimum Gasteiger partial charge on any atom is -0.377 e. The van der Waals surface area contributed by atoms with Gasteiger partial charge in [-0.15, -0.1) is 0 Å². The Morgan fingerprint density at radius 3 is 2.80 bits per heavy atom. The number of hydrogen-bond donors (Lipinski definition) is 1. The van der Waals surface area contributed by atoms with E-state index in [0.717, 1.165) is 12.1 Å². The molecule has 1 atom stereocenters. The third-order valence-electron chi connectivity index (χ3n) is 3.89. The summed E-state index contributed by atoms with van der Waals surface area (Å²) in [6.07, 6.45) is 6.76. The maximum absolute atomic E-state index is 13.0. The summed E-state index contributed by atoms with van der Waals surface area (Å²) < 4.78 is 18.9. The molecule has 1 fully saturated rings. The van der Waals surface area contributed by atoms with Gasteiger partial charge in [0.2, 0.25) is 0 Å². The van der Waals surface area contributed by atoms with Crippen LogP contribution in [-0.4, -0.2) is 19.3 Å². The fraction of sp³-hybridized carbons (Fsp3) is 0.625. The number of halogens is 2. The third-order valence-corrected chi connectivity index (χ3v) is 4.21. The van der Waals surface area contributed by atoms with Crippen molar-refractivity contribution < 1.29 is 9.13 Å². The largest absolute Gasteiger partial charge is 0.377 e. The van der Waals surface area contributed by atoms with E-state index in [2.05, 4.69) is 5.32 Å². The number of hydrogen-bond acceptors (Lipinski definition) is 2. The fourth-order valence-corrected chi connectivity index (χ4v) is 3.03. The molecule has 1 aliphatic rings. The van der Waals surface area contributed by atoms with Gasteiger partial charge in [0.15, 0.2) is 0 Å². The second-order valence-corrected chi connectivity index (χ2v) is 5.88. The molecule has 112 valence electrons. The van der Waals surface area contributed by atoms with Gasteiger partial charge in [-0.2, -0.15) is 0 Å². The van der Waals surface area contributed by atoms with Crippen LogP contribution < -0.4 is 5.32 Å². The molecule has 1 aromatic carbocycles. The Morgan fingerprint density at radius 1 is 1.35 bits per heavy atom. The summed E-state index contributed by atoms with van der Waals surface area (Å²) >= 11 is 6.05. The lowest BCUT2D eigenvalue weighted by atomic mass is 9.98. The van der Waals surface area contributed by atoms with E-state index in [1.165, 1.54) is 44.2 Å². The van der Waals surface area contributed by atoms with Crippen LogP contribution in [0.25, 0.3) is 0 Å². The molecule has 2 nitrogen and oxygen atoms in total. The van der Waals surface area contributed by atoms with E-state index in [1.807, 2.05) is 6.92 Å². The second-order valence-electron chi connectivity index (χ2n) is 5.47. The molecule has 0 heterocycles. The molecular formula is C16H23ClFNO. The highest BCUT2D eigenvalue weighted by Gasteiger charge is 2.14. The lowest BCUT2D eigenvalue weighted by Gasteiger charge is -2.23. The molecule has 0 radical (unpaired) electrons. The lowest BCUT2D eigenvalue weighted by molar-refractivity contribution is 0.0295. The molecule has 20 heavy (non-hydrogen) atoms. The predicted molar refractivity (Wildman–Crippen MR) is 80.7 cm³/mol. The average molecular weight is 300 g/mol. The Kier molecular flexibility index (Phi) is 6.27. The Morgan fingerprint density at radius 2 is 2.10 bits per heavy atom. The number of rotatable bonds is 6. The molecule has 1 saturated carbocycles.